The van der Waals surface area contributed by atoms with Crippen molar-refractivity contribution in [3.05, 3.63) is 166 Å². The normalized spacial score (nSPS) is 10.4. The molecule has 11 N–H and O–H groups in total. The fourth-order valence-corrected chi connectivity index (χ4v) is 11.1. The minimum absolute atomic E-state index is 0. The molecule has 3 amide bonds. The number of carboxylic acid groups (broad SMARTS) is 3. The van der Waals surface area contributed by atoms with E-state index in [1.807, 2.05) is 30.3 Å². The molecule has 108 heavy (non-hydrogen) atoms. The van der Waals surface area contributed by atoms with E-state index in [1.165, 1.54) is 27.8 Å². The average molecular weight is 2250 g/mol. The van der Waals surface area contributed by atoms with Crippen LogP contribution < -0.4 is 184 Å². The number of nitrogens with zero attached hydrogens (tertiary/aromatic N) is 1. The van der Waals surface area contributed by atoms with E-state index in [-0.39, 0.29) is 235 Å². The number of halogens is 12. The van der Waals surface area contributed by atoms with Gasteiger partial charge in [0.1, 0.15) is 18.1 Å². The maximum Gasteiger partial charge on any atom is 1.00 e. The Hall–Kier alpha value is -0.969. The van der Waals surface area contributed by atoms with Crippen LogP contribution in [0.25, 0.3) is 0 Å². The SMILES string of the molecule is C.CC(=O)NC(Cc1cc(Br)ccc1Cl)C(=O)O.CCOC(=O)C(C(=O)OCC)N(C)C(C)=O.CCOC(=O)C(Cc1cc(Br)ccc1Cl)(NC(C)=O)C(=O)OCC.CN[C@@H](Cc1cc(Br)ccc1Cl)C(=O)O.Clc1ccc(Br)cc1CBr.N[C@@H](Cc1cc(Br)ccc1Cl)C(=O)O.O.O=CO[O-].[2H]CF.[Cs+].[Cs+].[H-].[Li+].[OH-]. The number of nitrogens with two attached hydrogens (primary N) is 1. The molecule has 3 atom stereocenters. The van der Waals surface area contributed by atoms with Crippen LogP contribution in [0.15, 0.2) is 113 Å². The number of nitrogens with one attached hydrogen (secondary N) is 3. The standard InChI is InChI=1S/C16H19BrClNO5.C11H11BrClNO3.C10H11BrClNO2.C10H17NO5.C9H9BrClNO2.C7H5Br2Cl.CH3F.CH2O3.CH4.2Cs.Li.2H2O.H/c1-4-23-14(21)16(19-10(3)20,15(22)24-5-2)9-11-8-12(17)6-7-13(11)18;1-6(15)14-10(11(16)17)5-7-4-8(12)2-3-9(7)13;1-13-9(10(14)15)5-6-4-7(11)2-3-8(6)12;1-5-15-9(13)8(10(14)16-6-2)11(4)7(3)12;10-6-1-2-7(11)5(3-6)4-8(12)9(13)14;8-4-5-3-6(9)1-2-7(5)10;1-2;2-1-4-3;;;;;;;/h6-8H,4-5,9H2,1-3H3,(H,19,20);2-4,10H,5H2,1H3,(H,14,15)(H,16,17);2-4,9,13H,5H2,1H3,(H,14,15);8H,5-6H2,1-4H3;1-3,8H,4,12H2,(H,13,14);1-3H,4H2;1H3;1,3H;1H4;;;;2*1H2;/q;;;;;;;;;3*+1;;;-1/p-2/t;;9-;;8-;;;;;;;;;;/m..0.0........../s1/i;;;;;;1D;;;;;;;;. The molecule has 5 aromatic rings. The van der Waals surface area contributed by atoms with Gasteiger partial charge in [-0.05, 0) is 166 Å². The summed E-state index contributed by atoms with van der Waals surface area (Å²) in [6, 6.07) is 22.8. The number of aliphatic carboxylic acids is 3. The minimum atomic E-state index is -2.00. The predicted molar refractivity (Wildman–Crippen MR) is 417 cm³/mol. The van der Waals surface area contributed by atoms with E-state index in [1.54, 1.807) is 95.4 Å². The number of hydrogen-bond acceptors (Lipinski definition) is 20. The number of amides is 3. The second kappa shape index (κ2) is 71.4. The fourth-order valence-electron chi connectivity index (χ4n) is 7.45. The van der Waals surface area contributed by atoms with Crippen LogP contribution in [0.5, 0.6) is 0 Å². The van der Waals surface area contributed by atoms with Crippen molar-refractivity contribution < 1.29 is 272 Å². The summed E-state index contributed by atoms with van der Waals surface area (Å²) in [6.07, 6.45) is 0.549. The molecule has 0 aliphatic rings. The van der Waals surface area contributed by atoms with Crippen molar-refractivity contribution >= 4 is 220 Å². The Labute approximate surface area is 835 Å². The van der Waals surface area contributed by atoms with Gasteiger partial charge in [-0.1, -0.05) is 161 Å². The summed E-state index contributed by atoms with van der Waals surface area (Å²) in [4.78, 5) is 126. The smallest absolute Gasteiger partial charge is 1.00 e. The number of benzene rings is 5. The largest absolute Gasteiger partial charge is 1.00 e. The van der Waals surface area contributed by atoms with Gasteiger partial charge >= 0.3 is 198 Å². The molecule has 1 unspecified atom stereocenters. The molecule has 42 heteroatoms. The van der Waals surface area contributed by atoms with Crippen molar-refractivity contribution in [2.24, 2.45) is 5.73 Å². The Morgan fingerprint density at radius 2 is 0.898 bits per heavy atom. The summed E-state index contributed by atoms with van der Waals surface area (Å²) in [5.41, 5.74) is 7.20. The van der Waals surface area contributed by atoms with Crippen molar-refractivity contribution in [2.75, 3.05) is 47.7 Å². The number of alkyl halides is 2. The third kappa shape index (κ3) is 52.6. The first-order chi connectivity index (χ1) is 48.2. The monoisotopic (exact) mass is 2240 g/mol. The Morgan fingerprint density at radius 3 is 1.16 bits per heavy atom. The predicted octanol–water partition coefficient (Wildman–Crippen LogP) is 2.99. The molecule has 0 heterocycles. The number of carbonyl (C=O) groups excluding carboxylic acids is 8. The minimum Gasteiger partial charge on any atom is -1.00 e. The van der Waals surface area contributed by atoms with E-state index >= 15 is 0 Å². The number of hydrogen-bond donors (Lipinski definition) is 7. The van der Waals surface area contributed by atoms with E-state index < -0.39 is 90.5 Å². The first-order valence-corrected chi connectivity index (χ1v) is 36.1. The molecular formula is C66H84Br6Cl5Cs2FLiN5O22. The average Bonchev–Trinajstić information content (AvgIpc) is 0.785. The van der Waals surface area contributed by atoms with E-state index in [9.17, 15) is 52.3 Å². The van der Waals surface area contributed by atoms with Gasteiger partial charge in [0.05, 0.1) is 35.0 Å². The molecular weight excluding hydrogens is 2160 g/mol. The first kappa shape index (κ1) is 123. The van der Waals surface area contributed by atoms with Crippen LogP contribution in [0.2, 0.25) is 25.1 Å². The summed E-state index contributed by atoms with van der Waals surface area (Å²) >= 11 is 49.7. The van der Waals surface area contributed by atoms with Crippen LogP contribution in [0.4, 0.5) is 4.39 Å². The number of ether oxygens (including phenoxy) is 4. The van der Waals surface area contributed by atoms with Gasteiger partial charge in [0.15, 0.2) is 0 Å². The molecule has 0 aliphatic carbocycles. The molecule has 0 aliphatic heterocycles. The van der Waals surface area contributed by atoms with E-state index in [0.717, 1.165) is 49.8 Å². The van der Waals surface area contributed by atoms with Crippen molar-refractivity contribution in [3.63, 3.8) is 0 Å². The number of carbonyl (C=O) groups is 11. The van der Waals surface area contributed by atoms with Crippen LogP contribution in [0.1, 0.15) is 86.5 Å². The summed E-state index contributed by atoms with van der Waals surface area (Å²) in [7, 11) is 1.96. The third-order valence-corrected chi connectivity index (χ3v) is 17.1. The van der Waals surface area contributed by atoms with Crippen LogP contribution in [-0.4, -0.2) is 175 Å². The number of esters is 4. The molecule has 27 nitrogen and oxygen atoms in total. The summed E-state index contributed by atoms with van der Waals surface area (Å²) in [5.74, 6) is -7.70. The summed E-state index contributed by atoms with van der Waals surface area (Å²) in [6.45, 7) is 10.4. The molecule has 0 aromatic heterocycles. The Morgan fingerprint density at radius 1 is 0.602 bits per heavy atom. The molecule has 0 radical (unpaired) electrons. The van der Waals surface area contributed by atoms with Crippen LogP contribution in [0.3, 0.4) is 0 Å². The van der Waals surface area contributed by atoms with Crippen molar-refractivity contribution in [2.45, 2.75) is 117 Å². The second-order valence-electron chi connectivity index (χ2n) is 19.6. The number of likely N-dealkylation sites (N-methyl/N-ethyl adjacent to an activating group) is 2. The summed E-state index contributed by atoms with van der Waals surface area (Å²) in [5, 5.41) is 45.9. The van der Waals surface area contributed by atoms with Crippen LogP contribution in [-0.2, 0) is 108 Å². The van der Waals surface area contributed by atoms with Crippen molar-refractivity contribution in [1.29, 1.82) is 0 Å². The molecule has 592 valence electrons. The molecule has 0 saturated carbocycles. The van der Waals surface area contributed by atoms with Gasteiger partial charge in [-0.2, -0.15) is 0 Å². The van der Waals surface area contributed by atoms with Gasteiger partial charge in [-0.25, -0.2) is 24.0 Å². The number of rotatable bonds is 25. The second-order valence-corrected chi connectivity index (χ2v) is 26.7. The van der Waals surface area contributed by atoms with Gasteiger partial charge in [-0.15, -0.1) is 0 Å². The Bertz CT molecular complexity index is 3570. The molecule has 5 rings (SSSR count). The van der Waals surface area contributed by atoms with E-state index in [4.69, 9.17) is 109 Å². The fraction of sp³-hybridized carbons (Fsp3) is 0.379. The maximum absolute atomic E-state index is 12.5. The Balaban J connectivity index is -0.000000134. The topological polar surface area (TPSA) is 445 Å². The molecule has 0 saturated heterocycles. The van der Waals surface area contributed by atoms with Gasteiger partial charge in [-0.3, -0.25) is 33.2 Å². The first-order valence-electron chi connectivity index (χ1n) is 29.9. The van der Waals surface area contributed by atoms with Crippen LogP contribution in [0, 0.1) is 0 Å². The quantitative estimate of drug-likeness (QED) is 0.00645. The zero-order chi connectivity index (χ0) is 79.9. The molecule has 0 spiro atoms. The van der Waals surface area contributed by atoms with E-state index in [2.05, 4.69) is 116 Å². The van der Waals surface area contributed by atoms with Gasteiger partial charge in [0, 0.05) is 93.5 Å². The van der Waals surface area contributed by atoms with Crippen LogP contribution >= 0.6 is 154 Å². The zero-order valence-corrected chi connectivity index (χ0v) is 85.8. The van der Waals surface area contributed by atoms with E-state index in [0.29, 0.717) is 42.1 Å². The van der Waals surface area contributed by atoms with Crippen molar-refractivity contribution in [3.8, 4) is 0 Å². The van der Waals surface area contributed by atoms with Gasteiger partial charge in [0.25, 0.3) is 6.47 Å². The third-order valence-electron chi connectivity index (χ3n) is 12.1. The molecule has 0 fully saturated rings. The Kier molecular flexibility index (Phi) is 81.1. The molecule has 0 bridgehead atoms. The number of carboxylic acids is 3. The van der Waals surface area contributed by atoms with Crippen molar-refractivity contribution in [1.82, 2.24) is 20.9 Å². The van der Waals surface area contributed by atoms with Gasteiger partial charge in [0.2, 0.25) is 29.3 Å². The molecule has 5 aromatic carbocycles. The maximum atomic E-state index is 12.5. The van der Waals surface area contributed by atoms with Gasteiger partial charge < -0.3 is 83.4 Å². The zero-order valence-electron chi connectivity index (χ0n) is 61.9. The summed E-state index contributed by atoms with van der Waals surface area (Å²) < 4.78 is 39.3.